The fourth-order valence-corrected chi connectivity index (χ4v) is 2.10. The van der Waals surface area contributed by atoms with Crippen LogP contribution in [-0.4, -0.2) is 15.7 Å². The number of hydrogen-bond donors (Lipinski definition) is 0. The number of benzene rings is 1. The third kappa shape index (κ3) is 2.72. The zero-order valence-electron chi connectivity index (χ0n) is 9.30. The first-order chi connectivity index (χ1) is 8.28. The molecule has 1 atom stereocenters. The van der Waals surface area contributed by atoms with Crippen molar-refractivity contribution in [3.63, 3.8) is 0 Å². The Morgan fingerprint density at radius 3 is 2.61 bits per heavy atom. The van der Waals surface area contributed by atoms with Gasteiger partial charge in [-0.3, -0.25) is 0 Å². The largest absolute Gasteiger partial charge is 0.406 e. The lowest BCUT2D eigenvalue weighted by atomic mass is 10.3. The molecule has 0 saturated heterocycles. The van der Waals surface area contributed by atoms with Crippen LogP contribution in [0.1, 0.15) is 18.1 Å². The van der Waals surface area contributed by atoms with Gasteiger partial charge in [0.15, 0.2) is 0 Å². The maximum Gasteiger partial charge on any atom is 0.406 e. The molecule has 0 amide bonds. The predicted molar refractivity (Wildman–Crippen MR) is 65.1 cm³/mol. The van der Waals surface area contributed by atoms with Gasteiger partial charge in [-0.15, -0.1) is 11.6 Å². The number of nitrogens with zero attached hydrogens (tertiary/aromatic N) is 2. The van der Waals surface area contributed by atoms with E-state index in [1.807, 2.05) is 0 Å². The van der Waals surface area contributed by atoms with Gasteiger partial charge in [-0.1, -0.05) is 11.6 Å². The van der Waals surface area contributed by atoms with E-state index in [1.165, 1.54) is 18.2 Å². The van der Waals surface area contributed by atoms with Gasteiger partial charge in [0.05, 0.1) is 16.4 Å². The number of hydrogen-bond acceptors (Lipinski definition) is 1. The van der Waals surface area contributed by atoms with Gasteiger partial charge in [-0.2, -0.15) is 13.2 Å². The van der Waals surface area contributed by atoms with Crippen LogP contribution in [0, 0.1) is 0 Å². The highest BCUT2D eigenvalue weighted by atomic mass is 35.5. The Hall–Kier alpha value is -0.940. The molecule has 2 aromatic rings. The van der Waals surface area contributed by atoms with Crippen LogP contribution in [0.3, 0.4) is 0 Å². The molecule has 0 spiro atoms. The first-order valence-electron chi connectivity index (χ1n) is 5.14. The van der Waals surface area contributed by atoms with Crippen molar-refractivity contribution in [3.8, 4) is 0 Å². The molecule has 2 nitrogen and oxygen atoms in total. The molecule has 2 rings (SSSR count). The Kier molecular flexibility index (Phi) is 3.47. The van der Waals surface area contributed by atoms with E-state index in [9.17, 15) is 13.2 Å². The highest BCUT2D eigenvalue weighted by molar-refractivity contribution is 6.31. The second-order valence-electron chi connectivity index (χ2n) is 3.92. The van der Waals surface area contributed by atoms with Crippen LogP contribution in [0.5, 0.6) is 0 Å². The molecule has 1 aromatic carbocycles. The zero-order valence-corrected chi connectivity index (χ0v) is 10.8. The summed E-state index contributed by atoms with van der Waals surface area (Å²) >= 11 is 11.7. The third-order valence-corrected chi connectivity index (χ3v) is 2.86. The summed E-state index contributed by atoms with van der Waals surface area (Å²) in [4.78, 5) is 4.10. The lowest BCUT2D eigenvalue weighted by molar-refractivity contribution is -0.140. The Bertz CT molecular complexity index is 575. The highest BCUT2D eigenvalue weighted by Gasteiger charge is 2.31. The highest BCUT2D eigenvalue weighted by Crippen LogP contribution is 2.29. The first-order valence-corrected chi connectivity index (χ1v) is 5.96. The van der Waals surface area contributed by atoms with Crippen molar-refractivity contribution in [1.29, 1.82) is 0 Å². The molecule has 0 aliphatic rings. The number of aromatic nitrogens is 2. The van der Waals surface area contributed by atoms with Gasteiger partial charge in [-0.25, -0.2) is 4.98 Å². The van der Waals surface area contributed by atoms with Crippen molar-refractivity contribution in [2.75, 3.05) is 0 Å². The third-order valence-electron chi connectivity index (χ3n) is 2.43. The predicted octanol–water partition coefficient (Wildman–Crippen LogP) is 4.55. The second kappa shape index (κ2) is 4.63. The van der Waals surface area contributed by atoms with Gasteiger partial charge in [0.25, 0.3) is 0 Å². The lowest BCUT2D eigenvalue weighted by Crippen LogP contribution is -2.19. The fourth-order valence-electron chi connectivity index (χ4n) is 1.77. The maximum atomic E-state index is 12.6. The average Bonchev–Trinajstić information content (AvgIpc) is 2.54. The molecule has 0 aliphatic carbocycles. The summed E-state index contributed by atoms with van der Waals surface area (Å²) in [5.41, 5.74) is 0.786. The SMILES string of the molecule is CC(Cl)c1nc2cc(Cl)ccc2n1CC(F)(F)F. The van der Waals surface area contributed by atoms with Gasteiger partial charge in [0, 0.05) is 5.02 Å². The molecule has 0 fully saturated rings. The molecular weight excluding hydrogens is 288 g/mol. The summed E-state index contributed by atoms with van der Waals surface area (Å²) in [7, 11) is 0. The molecule has 1 unspecified atom stereocenters. The van der Waals surface area contributed by atoms with Crippen molar-refractivity contribution in [1.82, 2.24) is 9.55 Å². The quantitative estimate of drug-likeness (QED) is 0.743. The van der Waals surface area contributed by atoms with Crippen molar-refractivity contribution >= 4 is 34.2 Å². The topological polar surface area (TPSA) is 17.8 Å². The van der Waals surface area contributed by atoms with E-state index in [2.05, 4.69) is 4.98 Å². The van der Waals surface area contributed by atoms with Gasteiger partial charge < -0.3 is 4.57 Å². The van der Waals surface area contributed by atoms with Crippen LogP contribution in [0.4, 0.5) is 13.2 Å². The molecule has 98 valence electrons. The van der Waals surface area contributed by atoms with Crippen LogP contribution in [0.2, 0.25) is 5.02 Å². The normalized spacial score (nSPS) is 14.1. The number of imidazole rings is 1. The number of alkyl halides is 4. The maximum absolute atomic E-state index is 12.6. The van der Waals surface area contributed by atoms with E-state index in [-0.39, 0.29) is 5.82 Å². The van der Waals surface area contributed by atoms with Crippen LogP contribution in [0.25, 0.3) is 11.0 Å². The average molecular weight is 297 g/mol. The van der Waals surface area contributed by atoms with Crippen molar-refractivity contribution in [3.05, 3.63) is 29.0 Å². The molecule has 1 aromatic heterocycles. The van der Waals surface area contributed by atoms with Crippen LogP contribution >= 0.6 is 23.2 Å². The van der Waals surface area contributed by atoms with Gasteiger partial charge in [-0.05, 0) is 25.1 Å². The molecule has 0 saturated carbocycles. The second-order valence-corrected chi connectivity index (χ2v) is 5.01. The zero-order chi connectivity index (χ0) is 13.5. The van der Waals surface area contributed by atoms with Crippen LogP contribution < -0.4 is 0 Å². The molecule has 0 N–H and O–H groups in total. The molecule has 18 heavy (non-hydrogen) atoms. The number of rotatable bonds is 2. The van der Waals surface area contributed by atoms with Crippen LogP contribution in [-0.2, 0) is 6.54 Å². The lowest BCUT2D eigenvalue weighted by Gasteiger charge is -2.12. The molecule has 0 radical (unpaired) electrons. The van der Waals surface area contributed by atoms with Gasteiger partial charge in [0.2, 0.25) is 0 Å². The van der Waals surface area contributed by atoms with Crippen molar-refractivity contribution < 1.29 is 13.2 Å². The Morgan fingerprint density at radius 1 is 1.39 bits per heavy atom. The van der Waals surface area contributed by atoms with Crippen molar-refractivity contribution in [2.24, 2.45) is 0 Å². The van der Waals surface area contributed by atoms with E-state index < -0.39 is 18.1 Å². The first kappa shape index (κ1) is 13.5. The smallest absolute Gasteiger partial charge is 0.318 e. The van der Waals surface area contributed by atoms with Crippen molar-refractivity contribution in [2.45, 2.75) is 25.0 Å². The number of halogens is 5. The minimum Gasteiger partial charge on any atom is -0.318 e. The molecular formula is C11H9Cl2F3N2. The molecule has 7 heteroatoms. The summed E-state index contributed by atoms with van der Waals surface area (Å²) in [6.45, 7) is 0.467. The summed E-state index contributed by atoms with van der Waals surface area (Å²) in [6.07, 6.45) is -4.33. The molecule has 1 heterocycles. The van der Waals surface area contributed by atoms with E-state index >= 15 is 0 Å². The van der Waals surface area contributed by atoms with E-state index in [0.29, 0.717) is 16.1 Å². The van der Waals surface area contributed by atoms with Gasteiger partial charge >= 0.3 is 6.18 Å². The molecule has 0 bridgehead atoms. The molecule has 0 aliphatic heterocycles. The Labute approximate surface area is 111 Å². The summed E-state index contributed by atoms with van der Waals surface area (Å²) < 4.78 is 38.7. The fraction of sp³-hybridized carbons (Fsp3) is 0.364. The van der Waals surface area contributed by atoms with Gasteiger partial charge in [0.1, 0.15) is 12.4 Å². The number of fused-ring (bicyclic) bond motifs is 1. The van der Waals surface area contributed by atoms with E-state index in [0.717, 1.165) is 4.57 Å². The minimum atomic E-state index is -4.33. The summed E-state index contributed by atoms with van der Waals surface area (Å²) in [5, 5.41) is -0.188. The standard InChI is InChI=1S/C11H9Cl2F3N2/c1-6(12)10-17-8-4-7(13)2-3-9(8)18(10)5-11(14,15)16/h2-4,6H,5H2,1H3. The Balaban J connectivity index is 2.63. The van der Waals surface area contributed by atoms with E-state index in [1.54, 1.807) is 6.92 Å². The van der Waals surface area contributed by atoms with Crippen LogP contribution in [0.15, 0.2) is 18.2 Å². The Morgan fingerprint density at radius 2 is 2.06 bits per heavy atom. The summed E-state index contributed by atoms with van der Waals surface area (Å²) in [5.74, 6) is 0.186. The monoisotopic (exact) mass is 296 g/mol. The minimum absolute atomic E-state index is 0.186. The summed E-state index contributed by atoms with van der Waals surface area (Å²) in [6, 6.07) is 4.56. The van der Waals surface area contributed by atoms with E-state index in [4.69, 9.17) is 23.2 Å².